The van der Waals surface area contributed by atoms with Gasteiger partial charge in [-0.25, -0.2) is 8.42 Å². The minimum atomic E-state index is -3.29. The summed E-state index contributed by atoms with van der Waals surface area (Å²) in [5, 5.41) is 0. The zero-order valence-electron chi connectivity index (χ0n) is 7.03. The molecule has 5 heteroatoms. The Hall–Kier alpha value is -1.07. The van der Waals surface area contributed by atoms with Crippen LogP contribution in [0.25, 0.3) is 0 Å². The van der Waals surface area contributed by atoms with Gasteiger partial charge in [-0.1, -0.05) is 18.2 Å². The van der Waals surface area contributed by atoms with Crippen molar-refractivity contribution in [2.24, 2.45) is 5.73 Å². The number of nitrogens with one attached hydrogen (secondary N) is 1. The zero-order valence-corrected chi connectivity index (χ0v) is 7.84. The molecule has 0 aliphatic heterocycles. The third-order valence-electron chi connectivity index (χ3n) is 1.36. The summed E-state index contributed by atoms with van der Waals surface area (Å²) in [5.74, 6) is -0.0737. The summed E-state index contributed by atoms with van der Waals surface area (Å²) in [7, 11) is -3.29. The van der Waals surface area contributed by atoms with E-state index in [4.69, 9.17) is 5.73 Å². The second-order valence-corrected chi connectivity index (χ2v) is 4.33. The lowest BCUT2D eigenvalue weighted by molar-refractivity contribution is 0.601. The molecule has 0 unspecified atom stereocenters. The van der Waals surface area contributed by atoms with E-state index in [0.29, 0.717) is 5.69 Å². The Morgan fingerprint density at radius 3 is 2.77 bits per heavy atom. The molecule has 0 atom stereocenters. The van der Waals surface area contributed by atoms with Gasteiger partial charge >= 0.3 is 0 Å². The molecule has 1 rings (SSSR count). The summed E-state index contributed by atoms with van der Waals surface area (Å²) in [5.41, 5.74) is 5.58. The number of sulfonamides is 1. The quantitative estimate of drug-likeness (QED) is 0.727. The SMILES string of the molecule is NCCS(=O)(=O)Nc1[c]cccc1. The molecule has 71 valence electrons. The van der Waals surface area contributed by atoms with Crippen molar-refractivity contribution in [3.63, 3.8) is 0 Å². The highest BCUT2D eigenvalue weighted by Crippen LogP contribution is 2.06. The van der Waals surface area contributed by atoms with Crippen molar-refractivity contribution in [3.05, 3.63) is 30.3 Å². The number of benzene rings is 1. The molecule has 0 saturated carbocycles. The van der Waals surface area contributed by atoms with Crippen LogP contribution in [0, 0.1) is 6.07 Å². The van der Waals surface area contributed by atoms with Crippen molar-refractivity contribution in [3.8, 4) is 0 Å². The lowest BCUT2D eigenvalue weighted by atomic mass is 10.3. The molecule has 4 nitrogen and oxygen atoms in total. The number of para-hydroxylation sites is 1. The first-order chi connectivity index (χ1) is 6.14. The summed E-state index contributed by atoms with van der Waals surface area (Å²) in [6.07, 6.45) is 0. The smallest absolute Gasteiger partial charge is 0.233 e. The summed E-state index contributed by atoms with van der Waals surface area (Å²) >= 11 is 0. The van der Waals surface area contributed by atoms with Gasteiger partial charge in [0.15, 0.2) is 0 Å². The van der Waals surface area contributed by atoms with Crippen LogP contribution in [0.1, 0.15) is 0 Å². The van der Waals surface area contributed by atoms with Gasteiger partial charge in [0.25, 0.3) is 0 Å². The highest BCUT2D eigenvalue weighted by Gasteiger charge is 2.07. The first-order valence-electron chi connectivity index (χ1n) is 3.81. The minimum Gasteiger partial charge on any atom is -0.329 e. The van der Waals surface area contributed by atoms with Gasteiger partial charge in [-0.05, 0) is 6.07 Å². The molecule has 0 heterocycles. The molecule has 0 saturated heterocycles. The van der Waals surface area contributed by atoms with Crippen molar-refractivity contribution in [1.82, 2.24) is 0 Å². The molecule has 0 aliphatic rings. The molecular formula is C8H11N2O2S. The van der Waals surface area contributed by atoms with E-state index in [1.807, 2.05) is 0 Å². The van der Waals surface area contributed by atoms with Crippen LogP contribution in [-0.2, 0) is 10.0 Å². The average Bonchev–Trinajstić information content (AvgIpc) is 2.04. The maximum atomic E-state index is 11.2. The fourth-order valence-corrected chi connectivity index (χ4v) is 1.70. The van der Waals surface area contributed by atoms with Crippen LogP contribution >= 0.6 is 0 Å². The van der Waals surface area contributed by atoms with E-state index < -0.39 is 10.0 Å². The Labute approximate surface area is 77.8 Å². The zero-order chi connectivity index (χ0) is 9.73. The highest BCUT2D eigenvalue weighted by atomic mass is 32.2. The number of anilines is 1. The second-order valence-electron chi connectivity index (χ2n) is 2.49. The van der Waals surface area contributed by atoms with E-state index in [-0.39, 0.29) is 12.3 Å². The van der Waals surface area contributed by atoms with Crippen molar-refractivity contribution >= 4 is 15.7 Å². The maximum absolute atomic E-state index is 11.2. The van der Waals surface area contributed by atoms with Crippen molar-refractivity contribution in [2.75, 3.05) is 17.0 Å². The molecule has 0 aromatic heterocycles. The monoisotopic (exact) mass is 199 g/mol. The van der Waals surface area contributed by atoms with Gasteiger partial charge in [0.1, 0.15) is 0 Å². The molecule has 0 fully saturated rings. The first kappa shape index (κ1) is 10.0. The van der Waals surface area contributed by atoms with E-state index in [2.05, 4.69) is 10.8 Å². The third kappa shape index (κ3) is 3.43. The molecule has 0 aliphatic carbocycles. The van der Waals surface area contributed by atoms with Crippen LogP contribution in [0.4, 0.5) is 5.69 Å². The van der Waals surface area contributed by atoms with Crippen LogP contribution in [0.5, 0.6) is 0 Å². The van der Waals surface area contributed by atoms with Gasteiger partial charge in [0.05, 0.1) is 11.4 Å². The standard InChI is InChI=1S/C8H11N2O2S/c9-6-7-13(11,12)10-8-4-2-1-3-5-8/h1-4,10H,6-7,9H2. The lowest BCUT2D eigenvalue weighted by Gasteiger charge is -2.05. The van der Waals surface area contributed by atoms with Crippen molar-refractivity contribution in [1.29, 1.82) is 0 Å². The van der Waals surface area contributed by atoms with Crippen molar-refractivity contribution < 1.29 is 8.42 Å². The number of rotatable bonds is 4. The Morgan fingerprint density at radius 1 is 1.46 bits per heavy atom. The number of nitrogens with two attached hydrogens (primary N) is 1. The predicted octanol–water partition coefficient (Wildman–Crippen LogP) is 0.187. The summed E-state index contributed by atoms with van der Waals surface area (Å²) in [6, 6.07) is 9.52. The first-order valence-corrected chi connectivity index (χ1v) is 5.46. The van der Waals surface area contributed by atoms with Gasteiger partial charge < -0.3 is 5.73 Å². The summed E-state index contributed by atoms with van der Waals surface area (Å²) in [4.78, 5) is 0. The fourth-order valence-electron chi connectivity index (χ4n) is 0.831. The third-order valence-corrected chi connectivity index (χ3v) is 2.67. The van der Waals surface area contributed by atoms with Crippen LogP contribution in [0.3, 0.4) is 0 Å². The molecule has 1 aromatic carbocycles. The van der Waals surface area contributed by atoms with Gasteiger partial charge in [0.2, 0.25) is 10.0 Å². The van der Waals surface area contributed by atoms with Gasteiger partial charge in [0, 0.05) is 12.6 Å². The topological polar surface area (TPSA) is 72.2 Å². The number of hydrogen-bond donors (Lipinski definition) is 2. The van der Waals surface area contributed by atoms with Gasteiger partial charge in [-0.15, -0.1) is 0 Å². The van der Waals surface area contributed by atoms with Crippen LogP contribution in [-0.4, -0.2) is 20.7 Å². The molecule has 3 N–H and O–H groups in total. The van der Waals surface area contributed by atoms with E-state index >= 15 is 0 Å². The lowest BCUT2D eigenvalue weighted by Crippen LogP contribution is -2.22. The van der Waals surface area contributed by atoms with Gasteiger partial charge in [-0.3, -0.25) is 4.72 Å². The predicted molar refractivity (Wildman–Crippen MR) is 51.7 cm³/mol. The van der Waals surface area contributed by atoms with Crippen LogP contribution in [0.15, 0.2) is 24.3 Å². The minimum absolute atomic E-state index is 0.0737. The molecule has 1 aromatic rings. The summed E-state index contributed by atoms with van der Waals surface area (Å²) < 4.78 is 24.7. The Kier molecular flexibility index (Phi) is 3.27. The van der Waals surface area contributed by atoms with Crippen LogP contribution in [0.2, 0.25) is 0 Å². The largest absolute Gasteiger partial charge is 0.329 e. The average molecular weight is 199 g/mol. The van der Waals surface area contributed by atoms with Crippen molar-refractivity contribution in [2.45, 2.75) is 0 Å². The fraction of sp³-hybridized carbons (Fsp3) is 0.250. The van der Waals surface area contributed by atoms with Gasteiger partial charge in [-0.2, -0.15) is 0 Å². The molecular weight excluding hydrogens is 188 g/mol. The van der Waals surface area contributed by atoms with E-state index in [1.54, 1.807) is 24.3 Å². The molecule has 0 bridgehead atoms. The maximum Gasteiger partial charge on any atom is 0.233 e. The molecule has 0 amide bonds. The Bertz CT molecular complexity index is 348. The van der Waals surface area contributed by atoms with E-state index in [1.165, 1.54) is 0 Å². The summed E-state index contributed by atoms with van der Waals surface area (Å²) in [6.45, 7) is 0.113. The highest BCUT2D eigenvalue weighted by molar-refractivity contribution is 7.92. The van der Waals surface area contributed by atoms with Crippen LogP contribution < -0.4 is 10.5 Å². The number of hydrogen-bond acceptors (Lipinski definition) is 3. The normalized spacial score (nSPS) is 11.2. The molecule has 0 spiro atoms. The Balaban J connectivity index is 2.70. The molecule has 1 radical (unpaired) electrons. The van der Waals surface area contributed by atoms with E-state index in [0.717, 1.165) is 0 Å². The second kappa shape index (κ2) is 4.25. The Morgan fingerprint density at radius 2 is 2.23 bits per heavy atom. The van der Waals surface area contributed by atoms with E-state index in [9.17, 15) is 8.42 Å². The molecule has 13 heavy (non-hydrogen) atoms.